The Morgan fingerprint density at radius 1 is 1.40 bits per heavy atom. The molecule has 0 radical (unpaired) electrons. The first-order valence-electron chi connectivity index (χ1n) is 5.30. The number of nitrogens with one attached hydrogen (secondary N) is 1. The van der Waals surface area contributed by atoms with Crippen LogP contribution >= 0.6 is 15.9 Å². The Balaban J connectivity index is 0.000000531. The predicted octanol–water partition coefficient (Wildman–Crippen LogP) is 3.70. The molecule has 2 rings (SSSR count). The van der Waals surface area contributed by atoms with Crippen molar-refractivity contribution in [2.24, 2.45) is 0 Å². The Hall–Kier alpha value is -0.900. The summed E-state index contributed by atoms with van der Waals surface area (Å²) < 4.78 is 0.930. The van der Waals surface area contributed by atoms with Crippen molar-refractivity contribution in [3.63, 3.8) is 0 Å². The number of fused-ring (bicyclic) bond motifs is 1. The normalized spacial score (nSPS) is 9.87. The van der Waals surface area contributed by atoms with E-state index >= 15 is 0 Å². The van der Waals surface area contributed by atoms with Gasteiger partial charge in [-0.2, -0.15) is 5.10 Å². The minimum absolute atomic E-state index is 0.790. The number of aromatic amines is 1. The molecule has 15 heavy (non-hydrogen) atoms. The lowest BCUT2D eigenvalue weighted by molar-refractivity contribution is 0.927. The topological polar surface area (TPSA) is 41.6 Å². The van der Waals surface area contributed by atoms with Crippen LogP contribution in [-0.4, -0.2) is 15.2 Å². The third-order valence-electron chi connectivity index (χ3n) is 2.02. The summed E-state index contributed by atoms with van der Waals surface area (Å²) >= 11 is 3.43. The van der Waals surface area contributed by atoms with Gasteiger partial charge in [0.25, 0.3) is 0 Å². The van der Waals surface area contributed by atoms with E-state index in [1.165, 1.54) is 5.56 Å². The Morgan fingerprint density at radius 3 is 2.80 bits per heavy atom. The molecule has 0 aliphatic carbocycles. The van der Waals surface area contributed by atoms with E-state index < -0.39 is 0 Å². The van der Waals surface area contributed by atoms with Crippen LogP contribution in [0.1, 0.15) is 32.8 Å². The third kappa shape index (κ3) is 2.56. The summed E-state index contributed by atoms with van der Waals surface area (Å²) in [6, 6.07) is 2.05. The van der Waals surface area contributed by atoms with Crippen LogP contribution in [-0.2, 0) is 6.42 Å². The van der Waals surface area contributed by atoms with Crippen molar-refractivity contribution in [3.8, 4) is 0 Å². The monoisotopic (exact) mass is 269 g/mol. The molecule has 0 atom stereocenters. The maximum atomic E-state index is 4.17. The zero-order valence-corrected chi connectivity index (χ0v) is 10.9. The van der Waals surface area contributed by atoms with E-state index in [0.717, 1.165) is 28.5 Å². The molecule has 0 spiro atoms. The maximum absolute atomic E-state index is 4.17. The highest BCUT2D eigenvalue weighted by Crippen LogP contribution is 2.23. The van der Waals surface area contributed by atoms with Crippen LogP contribution in [0.3, 0.4) is 0 Å². The third-order valence-corrected chi connectivity index (χ3v) is 2.59. The number of pyridine rings is 1. The zero-order valence-electron chi connectivity index (χ0n) is 9.34. The fraction of sp³-hybridized carbons (Fsp3) is 0.455. The van der Waals surface area contributed by atoms with Crippen LogP contribution in [0.2, 0.25) is 0 Å². The zero-order chi connectivity index (χ0) is 11.3. The van der Waals surface area contributed by atoms with Crippen LogP contribution in [0.5, 0.6) is 0 Å². The fourth-order valence-electron chi connectivity index (χ4n) is 1.45. The molecule has 2 aromatic heterocycles. The average Bonchev–Trinajstić information content (AvgIpc) is 2.65. The number of rotatable bonds is 2. The van der Waals surface area contributed by atoms with Gasteiger partial charge in [0, 0.05) is 6.20 Å². The smallest absolute Gasteiger partial charge is 0.182 e. The molecule has 2 heterocycles. The number of halogens is 1. The van der Waals surface area contributed by atoms with Gasteiger partial charge in [0.15, 0.2) is 5.65 Å². The van der Waals surface area contributed by atoms with Gasteiger partial charge < -0.3 is 0 Å². The average molecular weight is 270 g/mol. The summed E-state index contributed by atoms with van der Waals surface area (Å²) in [5.74, 6) is 0. The van der Waals surface area contributed by atoms with Crippen molar-refractivity contribution in [2.45, 2.75) is 33.6 Å². The Kier molecular flexibility index (Phi) is 4.75. The summed E-state index contributed by atoms with van der Waals surface area (Å²) in [6.07, 6.45) is 4.01. The number of aryl methyl sites for hydroxylation is 1. The minimum atomic E-state index is 0.790. The fourth-order valence-corrected chi connectivity index (χ4v) is 1.97. The highest BCUT2D eigenvalue weighted by atomic mass is 79.9. The molecule has 82 valence electrons. The number of hydrogen-bond donors (Lipinski definition) is 1. The standard InChI is InChI=1S/C9H10BrN3.C2H6/c1-2-3-6-4-5-11-9-7(6)8(10)12-13-9;1-2/h4-5H,2-3H2,1H3,(H,11,12,13);1-2H3. The van der Waals surface area contributed by atoms with Crippen LogP contribution in [0.25, 0.3) is 11.0 Å². The van der Waals surface area contributed by atoms with E-state index in [2.05, 4.69) is 38.0 Å². The second-order valence-corrected chi connectivity index (χ2v) is 3.75. The molecular formula is C11H16BrN3. The van der Waals surface area contributed by atoms with Gasteiger partial charge in [-0.05, 0) is 34.0 Å². The van der Waals surface area contributed by atoms with Gasteiger partial charge in [0.2, 0.25) is 0 Å². The Bertz CT molecular complexity index is 423. The number of H-pyrrole nitrogens is 1. The van der Waals surface area contributed by atoms with E-state index in [4.69, 9.17) is 0 Å². The van der Waals surface area contributed by atoms with Crippen molar-refractivity contribution < 1.29 is 0 Å². The molecule has 0 aliphatic heterocycles. The lowest BCUT2D eigenvalue weighted by atomic mass is 10.1. The van der Waals surface area contributed by atoms with Crippen molar-refractivity contribution >= 4 is 27.0 Å². The lowest BCUT2D eigenvalue weighted by Gasteiger charge is -1.98. The summed E-state index contributed by atoms with van der Waals surface area (Å²) in [5.41, 5.74) is 2.09. The SMILES string of the molecule is CC.CCCc1ccnc2n[nH]c(Br)c12. The molecule has 0 bridgehead atoms. The molecular weight excluding hydrogens is 254 g/mol. The highest BCUT2D eigenvalue weighted by molar-refractivity contribution is 9.10. The van der Waals surface area contributed by atoms with Crippen molar-refractivity contribution in [1.29, 1.82) is 0 Å². The quantitative estimate of drug-likeness (QED) is 0.904. The Morgan fingerprint density at radius 2 is 2.13 bits per heavy atom. The van der Waals surface area contributed by atoms with E-state index in [-0.39, 0.29) is 0 Å². The first kappa shape index (κ1) is 12.2. The van der Waals surface area contributed by atoms with Gasteiger partial charge in [-0.3, -0.25) is 5.10 Å². The molecule has 1 N–H and O–H groups in total. The second-order valence-electron chi connectivity index (χ2n) is 2.96. The van der Waals surface area contributed by atoms with Crippen LogP contribution in [0, 0.1) is 0 Å². The molecule has 0 amide bonds. The molecule has 0 saturated carbocycles. The highest BCUT2D eigenvalue weighted by Gasteiger charge is 2.07. The van der Waals surface area contributed by atoms with E-state index in [0.29, 0.717) is 0 Å². The van der Waals surface area contributed by atoms with E-state index in [9.17, 15) is 0 Å². The van der Waals surface area contributed by atoms with Gasteiger partial charge in [-0.25, -0.2) is 4.98 Å². The summed E-state index contributed by atoms with van der Waals surface area (Å²) in [7, 11) is 0. The molecule has 0 unspecified atom stereocenters. The largest absolute Gasteiger partial charge is 0.269 e. The summed E-state index contributed by atoms with van der Waals surface area (Å²) in [4.78, 5) is 4.17. The first-order valence-corrected chi connectivity index (χ1v) is 6.09. The van der Waals surface area contributed by atoms with Crippen molar-refractivity contribution in [3.05, 3.63) is 22.4 Å². The maximum Gasteiger partial charge on any atom is 0.182 e. The minimum Gasteiger partial charge on any atom is -0.269 e. The predicted molar refractivity (Wildman–Crippen MR) is 66.9 cm³/mol. The van der Waals surface area contributed by atoms with Crippen LogP contribution in [0.4, 0.5) is 0 Å². The van der Waals surface area contributed by atoms with Gasteiger partial charge in [-0.15, -0.1) is 0 Å². The van der Waals surface area contributed by atoms with Gasteiger partial charge >= 0.3 is 0 Å². The molecule has 0 aromatic carbocycles. The van der Waals surface area contributed by atoms with Gasteiger partial charge in [0.1, 0.15) is 4.60 Å². The number of nitrogens with zero attached hydrogens (tertiary/aromatic N) is 2. The first-order chi connectivity index (χ1) is 7.33. The molecule has 0 saturated heterocycles. The summed E-state index contributed by atoms with van der Waals surface area (Å²) in [5, 5.41) is 8.07. The van der Waals surface area contributed by atoms with Crippen LogP contribution in [0.15, 0.2) is 16.9 Å². The second kappa shape index (κ2) is 5.85. The molecule has 2 aromatic rings. The van der Waals surface area contributed by atoms with Crippen LogP contribution < -0.4 is 0 Å². The summed E-state index contributed by atoms with van der Waals surface area (Å²) in [6.45, 7) is 6.17. The Labute approximate surface area is 98.4 Å². The molecule has 4 heteroatoms. The lowest BCUT2D eigenvalue weighted by Crippen LogP contribution is -1.86. The van der Waals surface area contributed by atoms with Gasteiger partial charge in [-0.1, -0.05) is 27.2 Å². The molecule has 0 aliphatic rings. The number of aromatic nitrogens is 3. The van der Waals surface area contributed by atoms with Crippen molar-refractivity contribution in [2.75, 3.05) is 0 Å². The van der Waals surface area contributed by atoms with E-state index in [1.54, 1.807) is 6.20 Å². The molecule has 3 nitrogen and oxygen atoms in total. The number of hydrogen-bond acceptors (Lipinski definition) is 2. The van der Waals surface area contributed by atoms with Gasteiger partial charge in [0.05, 0.1) is 5.39 Å². The van der Waals surface area contributed by atoms with E-state index in [1.807, 2.05) is 19.9 Å². The molecule has 0 fully saturated rings. The van der Waals surface area contributed by atoms with Crippen molar-refractivity contribution in [1.82, 2.24) is 15.2 Å².